The molecule has 1 aromatic heterocycles. The molecule has 2 aromatic rings. The van der Waals surface area contributed by atoms with Gasteiger partial charge in [-0.05, 0) is 88.9 Å². The fourth-order valence-corrected chi connectivity index (χ4v) is 6.20. The molecule has 1 heterocycles. The van der Waals surface area contributed by atoms with Crippen molar-refractivity contribution in [3.8, 4) is 0 Å². The average molecular weight is 441 g/mol. The minimum atomic E-state index is 0.0681. The molecule has 5 nitrogen and oxygen atoms in total. The number of nitrogens with zero attached hydrogens (tertiary/aromatic N) is 2. The van der Waals surface area contributed by atoms with Crippen LogP contribution < -0.4 is 11.1 Å². The van der Waals surface area contributed by atoms with Gasteiger partial charge in [0.15, 0.2) is 5.13 Å². The minimum Gasteiger partial charge on any atom is -0.375 e. The van der Waals surface area contributed by atoms with E-state index in [1.165, 1.54) is 55.8 Å². The first-order valence-electron chi connectivity index (χ1n) is 12.0. The summed E-state index contributed by atoms with van der Waals surface area (Å²) in [7, 11) is 0. The van der Waals surface area contributed by atoms with Crippen LogP contribution in [0.3, 0.4) is 0 Å². The molecular formula is C25H36N4OS. The summed E-state index contributed by atoms with van der Waals surface area (Å²) in [6.45, 7) is 4.65. The Labute approximate surface area is 190 Å². The van der Waals surface area contributed by atoms with Gasteiger partial charge in [0.05, 0.1) is 5.69 Å². The Morgan fingerprint density at radius 1 is 1.16 bits per heavy atom. The van der Waals surface area contributed by atoms with Gasteiger partial charge >= 0.3 is 0 Å². The highest BCUT2D eigenvalue weighted by atomic mass is 32.1. The molecule has 0 spiro atoms. The third kappa shape index (κ3) is 5.86. The molecule has 31 heavy (non-hydrogen) atoms. The Morgan fingerprint density at radius 3 is 2.68 bits per heavy atom. The summed E-state index contributed by atoms with van der Waals surface area (Å²) in [6.07, 6.45) is 10.5. The van der Waals surface area contributed by atoms with Gasteiger partial charge in [0.2, 0.25) is 0 Å². The highest BCUT2D eigenvalue weighted by Gasteiger charge is 2.28. The predicted molar refractivity (Wildman–Crippen MR) is 128 cm³/mol. The van der Waals surface area contributed by atoms with E-state index in [0.29, 0.717) is 12.1 Å². The lowest BCUT2D eigenvalue weighted by Gasteiger charge is -2.36. The number of thiazole rings is 1. The zero-order valence-corrected chi connectivity index (χ0v) is 19.5. The van der Waals surface area contributed by atoms with E-state index in [-0.39, 0.29) is 5.91 Å². The number of amides is 1. The summed E-state index contributed by atoms with van der Waals surface area (Å²) in [6, 6.07) is 10.5. The summed E-state index contributed by atoms with van der Waals surface area (Å²) >= 11 is 1.68. The Bertz CT molecular complexity index is 844. The van der Waals surface area contributed by atoms with E-state index in [4.69, 9.17) is 5.73 Å². The molecule has 0 aliphatic heterocycles. The normalized spacial score (nSPS) is 23.5. The monoisotopic (exact) mass is 440 g/mol. The second kappa shape index (κ2) is 10.6. The maximum Gasteiger partial charge on any atom is 0.251 e. The number of carbonyl (C=O) groups is 1. The van der Waals surface area contributed by atoms with Crippen LogP contribution in [0.1, 0.15) is 72.8 Å². The highest BCUT2D eigenvalue weighted by Crippen LogP contribution is 2.32. The first kappa shape index (κ1) is 22.3. The van der Waals surface area contributed by atoms with Crippen LogP contribution in [0.2, 0.25) is 0 Å². The smallest absolute Gasteiger partial charge is 0.251 e. The van der Waals surface area contributed by atoms with Crippen molar-refractivity contribution in [2.75, 3.05) is 18.8 Å². The van der Waals surface area contributed by atoms with Crippen molar-refractivity contribution < 1.29 is 4.79 Å². The Morgan fingerprint density at radius 2 is 1.94 bits per heavy atom. The molecule has 3 N–H and O–H groups in total. The topological polar surface area (TPSA) is 71.2 Å². The Hall–Kier alpha value is -1.92. The van der Waals surface area contributed by atoms with Crippen LogP contribution >= 0.6 is 11.3 Å². The molecule has 1 atom stereocenters. The fraction of sp³-hybridized carbons (Fsp3) is 0.600. The van der Waals surface area contributed by atoms with Crippen LogP contribution in [-0.4, -0.2) is 41.0 Å². The van der Waals surface area contributed by atoms with Gasteiger partial charge in [-0.3, -0.25) is 4.79 Å². The van der Waals surface area contributed by atoms with Crippen molar-refractivity contribution in [1.82, 2.24) is 15.2 Å². The summed E-state index contributed by atoms with van der Waals surface area (Å²) in [5.41, 5.74) is 7.94. The number of carbonyl (C=O) groups excluding carboxylic acids is 1. The van der Waals surface area contributed by atoms with Crippen LogP contribution in [0.25, 0.3) is 0 Å². The average Bonchev–Trinajstić information content (AvgIpc) is 3.17. The number of anilines is 1. The Balaban J connectivity index is 1.23. The summed E-state index contributed by atoms with van der Waals surface area (Å²) in [5, 5.41) is 3.97. The van der Waals surface area contributed by atoms with Gasteiger partial charge in [-0.15, -0.1) is 11.3 Å². The first-order chi connectivity index (χ1) is 15.1. The number of rotatable bonds is 8. The van der Waals surface area contributed by atoms with Crippen LogP contribution in [0, 0.1) is 5.92 Å². The van der Waals surface area contributed by atoms with Gasteiger partial charge < -0.3 is 16.0 Å². The number of hydrogen-bond donors (Lipinski definition) is 2. The van der Waals surface area contributed by atoms with E-state index in [0.717, 1.165) is 42.3 Å². The summed E-state index contributed by atoms with van der Waals surface area (Å²) < 4.78 is 0. The molecule has 0 unspecified atom stereocenters. The molecule has 2 aliphatic rings. The van der Waals surface area contributed by atoms with Gasteiger partial charge in [-0.2, -0.15) is 0 Å². The van der Waals surface area contributed by atoms with Crippen molar-refractivity contribution in [3.63, 3.8) is 0 Å². The molecule has 1 fully saturated rings. The number of nitrogen functional groups attached to an aromatic ring is 1. The lowest BCUT2D eigenvalue weighted by atomic mass is 9.83. The van der Waals surface area contributed by atoms with Crippen molar-refractivity contribution in [2.45, 2.75) is 76.8 Å². The largest absolute Gasteiger partial charge is 0.375 e. The number of nitrogens with one attached hydrogen (secondary N) is 1. The maximum absolute atomic E-state index is 12.4. The lowest BCUT2D eigenvalue weighted by Crippen LogP contribution is -2.41. The molecule has 168 valence electrons. The SMILES string of the molecule is CCCN(CC[C@H]1CC[C@H](NC(=O)c2ccccc2)CC1)[C@H]1CCc2nc(N)sc2C1. The van der Waals surface area contributed by atoms with Crippen LogP contribution in [0.5, 0.6) is 0 Å². The molecule has 1 amide bonds. The van der Waals surface area contributed by atoms with Crippen molar-refractivity contribution >= 4 is 22.4 Å². The first-order valence-corrected chi connectivity index (χ1v) is 12.8. The maximum atomic E-state index is 12.4. The fourth-order valence-electron chi connectivity index (χ4n) is 5.26. The van der Waals surface area contributed by atoms with Gasteiger partial charge in [-0.25, -0.2) is 4.98 Å². The second-order valence-electron chi connectivity index (χ2n) is 9.20. The molecule has 1 saturated carbocycles. The van der Waals surface area contributed by atoms with E-state index < -0.39 is 0 Å². The molecule has 0 bridgehead atoms. The summed E-state index contributed by atoms with van der Waals surface area (Å²) in [4.78, 5) is 21.1. The van der Waals surface area contributed by atoms with Gasteiger partial charge in [0.1, 0.15) is 0 Å². The van der Waals surface area contributed by atoms with E-state index >= 15 is 0 Å². The standard InChI is InChI=1S/C25H36N4OS/c1-2-15-29(21-12-13-22-23(17-21)31-25(26)28-22)16-14-18-8-10-20(11-9-18)27-24(30)19-6-4-3-5-7-19/h3-7,18,20-21H,2,8-17H2,1H3,(H2,26,28)(H,27,30)/t18-,20-,21-/m0/s1. The molecule has 2 aliphatic carbocycles. The van der Waals surface area contributed by atoms with Crippen LogP contribution in [0.15, 0.2) is 30.3 Å². The van der Waals surface area contributed by atoms with Gasteiger partial charge in [-0.1, -0.05) is 25.1 Å². The van der Waals surface area contributed by atoms with Gasteiger partial charge in [0.25, 0.3) is 5.91 Å². The number of fused-ring (bicyclic) bond motifs is 1. The lowest BCUT2D eigenvalue weighted by molar-refractivity contribution is 0.0918. The van der Waals surface area contributed by atoms with E-state index in [1.54, 1.807) is 11.3 Å². The molecule has 4 rings (SSSR count). The molecule has 1 aromatic carbocycles. The zero-order chi connectivity index (χ0) is 21.6. The Kier molecular flexibility index (Phi) is 7.62. The number of aryl methyl sites for hydroxylation is 1. The highest BCUT2D eigenvalue weighted by molar-refractivity contribution is 7.15. The molecule has 6 heteroatoms. The van der Waals surface area contributed by atoms with E-state index in [9.17, 15) is 4.79 Å². The molecular weight excluding hydrogens is 404 g/mol. The minimum absolute atomic E-state index is 0.0681. The number of benzene rings is 1. The van der Waals surface area contributed by atoms with Crippen molar-refractivity contribution in [1.29, 1.82) is 0 Å². The van der Waals surface area contributed by atoms with Crippen molar-refractivity contribution in [3.05, 3.63) is 46.5 Å². The predicted octanol–water partition coefficient (Wildman–Crippen LogP) is 4.67. The quantitative estimate of drug-likeness (QED) is 0.626. The third-order valence-corrected chi connectivity index (χ3v) is 7.95. The third-order valence-electron chi connectivity index (χ3n) is 7.00. The number of nitrogens with two attached hydrogens (primary N) is 1. The van der Waals surface area contributed by atoms with E-state index in [1.807, 2.05) is 30.3 Å². The molecule has 0 saturated heterocycles. The molecule has 0 radical (unpaired) electrons. The zero-order valence-electron chi connectivity index (χ0n) is 18.7. The number of hydrogen-bond acceptors (Lipinski definition) is 5. The van der Waals surface area contributed by atoms with Crippen molar-refractivity contribution in [2.24, 2.45) is 5.92 Å². The van der Waals surface area contributed by atoms with Crippen LogP contribution in [-0.2, 0) is 12.8 Å². The summed E-state index contributed by atoms with van der Waals surface area (Å²) in [5.74, 6) is 0.848. The van der Waals surface area contributed by atoms with Crippen LogP contribution in [0.4, 0.5) is 5.13 Å². The van der Waals surface area contributed by atoms with Gasteiger partial charge in [0, 0.05) is 22.5 Å². The van der Waals surface area contributed by atoms with E-state index in [2.05, 4.69) is 22.1 Å². The second-order valence-corrected chi connectivity index (χ2v) is 10.3. The number of aromatic nitrogens is 1.